The molecule has 0 spiro atoms. The molecule has 0 aliphatic heterocycles. The van der Waals surface area contributed by atoms with E-state index in [0.29, 0.717) is 17.9 Å². The van der Waals surface area contributed by atoms with E-state index >= 15 is 0 Å². The summed E-state index contributed by atoms with van der Waals surface area (Å²) in [7, 11) is 0. The highest BCUT2D eigenvalue weighted by atomic mass is 32.2. The number of nitrogens with zero attached hydrogens (tertiary/aromatic N) is 4. The lowest BCUT2D eigenvalue weighted by molar-refractivity contribution is 0.0951. The minimum Gasteiger partial charge on any atom is -0.348 e. The lowest BCUT2D eigenvalue weighted by Crippen LogP contribution is -2.22. The van der Waals surface area contributed by atoms with Gasteiger partial charge in [-0.3, -0.25) is 14.3 Å². The minimum absolute atomic E-state index is 0.100. The molecule has 0 radical (unpaired) electrons. The number of hydrogen-bond donors (Lipinski definition) is 1. The van der Waals surface area contributed by atoms with Crippen LogP contribution in [-0.2, 0) is 12.3 Å². The van der Waals surface area contributed by atoms with Gasteiger partial charge in [-0.25, -0.2) is 0 Å². The summed E-state index contributed by atoms with van der Waals surface area (Å²) in [5, 5.41) is 14.9. The average Bonchev–Trinajstić information content (AvgIpc) is 3.57. The lowest BCUT2D eigenvalue weighted by atomic mass is 10.1. The molecule has 1 amide bonds. The van der Waals surface area contributed by atoms with Crippen molar-refractivity contribution in [2.75, 3.05) is 0 Å². The van der Waals surface area contributed by atoms with Crippen LogP contribution >= 0.6 is 23.1 Å². The summed E-state index contributed by atoms with van der Waals surface area (Å²) in [6.45, 7) is 2.56. The van der Waals surface area contributed by atoms with Crippen molar-refractivity contribution >= 4 is 29.0 Å². The van der Waals surface area contributed by atoms with E-state index in [1.54, 1.807) is 35.5 Å². The van der Waals surface area contributed by atoms with Crippen LogP contribution in [0.2, 0.25) is 0 Å². The van der Waals surface area contributed by atoms with Crippen molar-refractivity contribution in [3.63, 3.8) is 0 Å². The zero-order valence-electron chi connectivity index (χ0n) is 19.1. The zero-order chi connectivity index (χ0) is 24.0. The number of carbonyl (C=O) groups excluding carboxylic acids is 1. The minimum atomic E-state index is -0.100. The Morgan fingerprint density at radius 3 is 2.63 bits per heavy atom. The Labute approximate surface area is 212 Å². The van der Waals surface area contributed by atoms with Crippen LogP contribution < -0.4 is 5.32 Å². The third-order valence-electron chi connectivity index (χ3n) is 5.49. The van der Waals surface area contributed by atoms with Crippen LogP contribution in [0.1, 0.15) is 27.0 Å². The molecule has 5 aromatic rings. The number of benzene rings is 2. The van der Waals surface area contributed by atoms with E-state index in [9.17, 15) is 4.79 Å². The van der Waals surface area contributed by atoms with Crippen LogP contribution in [0.4, 0.5) is 0 Å². The molecule has 1 N–H and O–H groups in total. The largest absolute Gasteiger partial charge is 0.348 e. The van der Waals surface area contributed by atoms with Crippen molar-refractivity contribution in [2.45, 2.75) is 24.4 Å². The number of carbonyl (C=O) groups is 1. The molecule has 0 aliphatic carbocycles. The van der Waals surface area contributed by atoms with Gasteiger partial charge in [-0.1, -0.05) is 48.2 Å². The Hall–Kier alpha value is -3.75. The van der Waals surface area contributed by atoms with Crippen molar-refractivity contribution in [3.05, 3.63) is 113 Å². The van der Waals surface area contributed by atoms with Gasteiger partial charge in [0.15, 0.2) is 11.0 Å². The topological polar surface area (TPSA) is 72.7 Å². The van der Waals surface area contributed by atoms with Gasteiger partial charge < -0.3 is 5.32 Å². The van der Waals surface area contributed by atoms with Gasteiger partial charge in [0.1, 0.15) is 0 Å². The molecular weight excluding hydrogens is 474 g/mol. The first-order valence-corrected chi connectivity index (χ1v) is 13.0. The molecule has 0 saturated heterocycles. The van der Waals surface area contributed by atoms with Crippen molar-refractivity contribution in [1.82, 2.24) is 25.1 Å². The van der Waals surface area contributed by atoms with E-state index in [2.05, 4.69) is 50.2 Å². The second-order valence-electron chi connectivity index (χ2n) is 7.93. The Bertz CT molecular complexity index is 1430. The summed E-state index contributed by atoms with van der Waals surface area (Å²) < 4.78 is 2.12. The zero-order valence-corrected chi connectivity index (χ0v) is 20.7. The monoisotopic (exact) mass is 497 g/mol. The standard InChI is InChI=1S/C27H23N5OS2/c1-19-6-2-3-9-23(19)32-25(24-10-5-15-34-24)30-31-27(32)35-18-21-7-4-8-22(16-21)26(33)29-17-20-11-13-28-14-12-20/h2-16H,17-18H2,1H3,(H,29,33). The van der Waals surface area contributed by atoms with Crippen molar-refractivity contribution in [1.29, 1.82) is 0 Å². The predicted octanol–water partition coefficient (Wildman–Crippen LogP) is 5.92. The maximum atomic E-state index is 12.7. The van der Waals surface area contributed by atoms with Gasteiger partial charge in [-0.05, 0) is 65.4 Å². The molecule has 35 heavy (non-hydrogen) atoms. The molecule has 6 nitrogen and oxygen atoms in total. The number of thioether (sulfide) groups is 1. The van der Waals surface area contributed by atoms with E-state index in [0.717, 1.165) is 38.2 Å². The number of rotatable bonds is 8. The van der Waals surface area contributed by atoms with Crippen LogP contribution in [-0.4, -0.2) is 25.7 Å². The lowest BCUT2D eigenvalue weighted by Gasteiger charge is -2.12. The van der Waals surface area contributed by atoms with Crippen LogP contribution in [0, 0.1) is 6.92 Å². The van der Waals surface area contributed by atoms with Crippen molar-refractivity contribution in [2.24, 2.45) is 0 Å². The predicted molar refractivity (Wildman–Crippen MR) is 141 cm³/mol. The molecule has 2 aromatic carbocycles. The number of pyridine rings is 1. The Morgan fingerprint density at radius 1 is 0.971 bits per heavy atom. The first-order chi connectivity index (χ1) is 17.2. The Balaban J connectivity index is 1.35. The third kappa shape index (κ3) is 5.34. The summed E-state index contributed by atoms with van der Waals surface area (Å²) in [4.78, 5) is 17.8. The van der Waals surface area contributed by atoms with Crippen molar-refractivity contribution < 1.29 is 4.79 Å². The van der Waals surface area contributed by atoms with E-state index < -0.39 is 0 Å². The molecule has 8 heteroatoms. The summed E-state index contributed by atoms with van der Waals surface area (Å²) in [5.74, 6) is 1.40. The normalized spacial score (nSPS) is 10.9. The molecule has 3 aromatic heterocycles. The van der Waals surface area contributed by atoms with E-state index in [1.807, 2.05) is 60.0 Å². The maximum absolute atomic E-state index is 12.7. The molecule has 0 atom stereocenters. The summed E-state index contributed by atoms with van der Waals surface area (Å²) >= 11 is 3.25. The van der Waals surface area contributed by atoms with Gasteiger partial charge in [-0.15, -0.1) is 21.5 Å². The molecule has 0 aliphatic rings. The van der Waals surface area contributed by atoms with Crippen molar-refractivity contribution in [3.8, 4) is 16.4 Å². The molecule has 0 unspecified atom stereocenters. The Kier molecular flexibility index (Phi) is 7.02. The Morgan fingerprint density at radius 2 is 1.83 bits per heavy atom. The summed E-state index contributed by atoms with van der Waals surface area (Å²) in [6.07, 6.45) is 3.44. The number of thiophene rings is 1. The molecular formula is C27H23N5OS2. The molecule has 174 valence electrons. The maximum Gasteiger partial charge on any atom is 0.251 e. The van der Waals surface area contributed by atoms with Gasteiger partial charge in [0, 0.05) is 30.3 Å². The fourth-order valence-corrected chi connectivity index (χ4v) is 5.28. The van der Waals surface area contributed by atoms with Crippen LogP contribution in [0.25, 0.3) is 16.4 Å². The number of aromatic nitrogens is 4. The highest BCUT2D eigenvalue weighted by Crippen LogP contribution is 2.32. The van der Waals surface area contributed by atoms with E-state index in [4.69, 9.17) is 0 Å². The third-order valence-corrected chi connectivity index (χ3v) is 7.36. The second kappa shape index (κ2) is 10.7. The smallest absolute Gasteiger partial charge is 0.251 e. The van der Waals surface area contributed by atoms with Crippen LogP contribution in [0.15, 0.2) is 95.7 Å². The van der Waals surface area contributed by atoms with E-state index in [1.165, 1.54) is 0 Å². The fraction of sp³-hybridized carbons (Fsp3) is 0.111. The number of nitrogens with one attached hydrogen (secondary N) is 1. The van der Waals surface area contributed by atoms with Gasteiger partial charge in [-0.2, -0.15) is 0 Å². The highest BCUT2D eigenvalue weighted by Gasteiger charge is 2.18. The molecule has 0 saturated carbocycles. The fourth-order valence-electron chi connectivity index (χ4n) is 3.70. The first-order valence-electron chi connectivity index (χ1n) is 11.1. The number of aryl methyl sites for hydroxylation is 1. The summed E-state index contributed by atoms with van der Waals surface area (Å²) in [5.41, 5.74) is 4.91. The molecule has 0 fully saturated rings. The second-order valence-corrected chi connectivity index (χ2v) is 9.82. The average molecular weight is 498 g/mol. The van der Waals surface area contributed by atoms with E-state index in [-0.39, 0.29) is 5.91 Å². The SMILES string of the molecule is Cc1ccccc1-n1c(SCc2cccc(C(=O)NCc3ccncc3)c2)nnc1-c1cccs1. The van der Waals surface area contributed by atoms with Gasteiger partial charge in [0.05, 0.1) is 10.6 Å². The molecule has 0 bridgehead atoms. The number of para-hydroxylation sites is 1. The molecule has 3 heterocycles. The van der Waals surface area contributed by atoms with Crippen LogP contribution in [0.5, 0.6) is 0 Å². The van der Waals surface area contributed by atoms with Gasteiger partial charge in [0.2, 0.25) is 0 Å². The van der Waals surface area contributed by atoms with Gasteiger partial charge in [0.25, 0.3) is 5.91 Å². The van der Waals surface area contributed by atoms with Gasteiger partial charge >= 0.3 is 0 Å². The molecule has 5 rings (SSSR count). The number of amides is 1. The number of hydrogen-bond acceptors (Lipinski definition) is 6. The first kappa shape index (κ1) is 23.0. The van der Waals surface area contributed by atoms with Crippen LogP contribution in [0.3, 0.4) is 0 Å². The summed E-state index contributed by atoms with van der Waals surface area (Å²) in [6, 6.07) is 23.8. The highest BCUT2D eigenvalue weighted by molar-refractivity contribution is 7.98. The quantitative estimate of drug-likeness (QED) is 0.269.